The first-order valence-corrected chi connectivity index (χ1v) is 11.4. The van der Waals surface area contributed by atoms with Crippen LogP contribution in [0.3, 0.4) is 0 Å². The van der Waals surface area contributed by atoms with Crippen LogP contribution in [0, 0.1) is 62.1 Å². The van der Waals surface area contributed by atoms with Gasteiger partial charge in [0.05, 0.1) is 29.1 Å². The standard InChI is InChI=1S/C25H22Cl2N4O2/c1-14(2)16-4-6-17(7-5-16)21-23(11-28,12-29)24(13-30)15(3)25(32-21,33-22(24)31)19-9-8-18(26)10-20(19)27/h6,8-10,15-16,21,31H,1,4-5,7H2,2-3H3. The van der Waals surface area contributed by atoms with Gasteiger partial charge in [-0.15, -0.1) is 0 Å². The van der Waals surface area contributed by atoms with Gasteiger partial charge in [-0.25, -0.2) is 0 Å². The zero-order chi connectivity index (χ0) is 24.2. The third-order valence-electron chi connectivity index (χ3n) is 7.45. The van der Waals surface area contributed by atoms with Crippen LogP contribution in [-0.2, 0) is 15.3 Å². The fraction of sp³-hybridized carbons (Fsp3) is 0.440. The Morgan fingerprint density at radius 3 is 2.42 bits per heavy atom. The third-order valence-corrected chi connectivity index (χ3v) is 8.00. The maximum Gasteiger partial charge on any atom is 0.245 e. The maximum atomic E-state index is 10.4. The van der Waals surface area contributed by atoms with Crippen LogP contribution in [0.25, 0.3) is 0 Å². The summed E-state index contributed by atoms with van der Waals surface area (Å²) in [6.45, 7) is 7.68. The minimum Gasteiger partial charge on any atom is -0.443 e. The molecule has 1 N–H and O–H groups in total. The van der Waals surface area contributed by atoms with Crippen molar-refractivity contribution in [3.8, 4) is 18.2 Å². The summed E-state index contributed by atoms with van der Waals surface area (Å²) in [7, 11) is 0. The molecule has 5 atom stereocenters. The first kappa shape index (κ1) is 23.3. The fourth-order valence-corrected chi connectivity index (χ4v) is 6.03. The van der Waals surface area contributed by atoms with Crippen molar-refractivity contribution >= 4 is 29.1 Å². The quantitative estimate of drug-likeness (QED) is 0.529. The molecule has 0 aromatic heterocycles. The van der Waals surface area contributed by atoms with E-state index < -0.39 is 34.5 Å². The Kier molecular flexibility index (Phi) is 5.58. The highest BCUT2D eigenvalue weighted by molar-refractivity contribution is 6.35. The smallest absolute Gasteiger partial charge is 0.245 e. The molecular weight excluding hydrogens is 459 g/mol. The average molecular weight is 481 g/mol. The summed E-state index contributed by atoms with van der Waals surface area (Å²) in [5.74, 6) is -2.66. The van der Waals surface area contributed by atoms with Gasteiger partial charge >= 0.3 is 0 Å². The lowest BCUT2D eigenvalue weighted by Gasteiger charge is -2.50. The number of halogens is 2. The topological polar surface area (TPSA) is 114 Å². The van der Waals surface area contributed by atoms with Gasteiger partial charge in [-0.1, -0.05) is 48.4 Å². The number of hydrogen-bond donors (Lipinski definition) is 1. The number of rotatable bonds is 3. The van der Waals surface area contributed by atoms with E-state index in [1.807, 2.05) is 13.0 Å². The fourth-order valence-electron chi connectivity index (χ4n) is 5.49. The predicted molar refractivity (Wildman–Crippen MR) is 123 cm³/mol. The van der Waals surface area contributed by atoms with Crippen LogP contribution in [0.4, 0.5) is 0 Å². The van der Waals surface area contributed by atoms with E-state index in [0.717, 1.165) is 17.6 Å². The van der Waals surface area contributed by atoms with Gasteiger partial charge in [0.25, 0.3) is 0 Å². The van der Waals surface area contributed by atoms with Gasteiger partial charge in [0.15, 0.2) is 5.41 Å². The van der Waals surface area contributed by atoms with Crippen molar-refractivity contribution in [3.05, 3.63) is 57.6 Å². The van der Waals surface area contributed by atoms with E-state index in [1.165, 1.54) is 6.07 Å². The molecule has 5 unspecified atom stereocenters. The monoisotopic (exact) mass is 480 g/mol. The molecule has 8 heteroatoms. The molecule has 0 spiro atoms. The Morgan fingerprint density at radius 1 is 1.21 bits per heavy atom. The highest BCUT2D eigenvalue weighted by Crippen LogP contribution is 2.67. The lowest BCUT2D eigenvalue weighted by Crippen LogP contribution is -2.61. The summed E-state index contributed by atoms with van der Waals surface area (Å²) in [6.07, 6.45) is 2.94. The molecule has 2 fully saturated rings. The molecule has 1 aromatic rings. The molecule has 1 aromatic carbocycles. The van der Waals surface area contributed by atoms with Gasteiger partial charge in [0.1, 0.15) is 6.10 Å². The van der Waals surface area contributed by atoms with Crippen LogP contribution >= 0.6 is 23.2 Å². The summed E-state index contributed by atoms with van der Waals surface area (Å²) >= 11 is 12.6. The molecule has 168 valence electrons. The Balaban J connectivity index is 1.96. The summed E-state index contributed by atoms with van der Waals surface area (Å²) < 4.78 is 12.5. The van der Waals surface area contributed by atoms with Crippen molar-refractivity contribution in [2.45, 2.75) is 45.0 Å². The minimum absolute atomic E-state index is 0.246. The second-order valence-corrected chi connectivity index (χ2v) is 9.83. The Hall–Kier alpha value is -2.82. The van der Waals surface area contributed by atoms with Crippen LogP contribution in [0.2, 0.25) is 10.0 Å². The zero-order valence-electron chi connectivity index (χ0n) is 18.3. The van der Waals surface area contributed by atoms with Crippen LogP contribution in [0.5, 0.6) is 0 Å². The molecule has 6 nitrogen and oxygen atoms in total. The number of ether oxygens (including phenoxy) is 2. The van der Waals surface area contributed by atoms with E-state index in [-0.39, 0.29) is 5.02 Å². The Bertz CT molecular complexity index is 1210. The number of allylic oxidation sites excluding steroid dienone is 2. The summed E-state index contributed by atoms with van der Waals surface area (Å²) in [6, 6.07) is 11.1. The molecule has 0 saturated carbocycles. The van der Waals surface area contributed by atoms with E-state index >= 15 is 0 Å². The first-order valence-electron chi connectivity index (χ1n) is 10.6. The van der Waals surface area contributed by atoms with E-state index in [2.05, 4.69) is 24.8 Å². The second-order valence-electron chi connectivity index (χ2n) is 8.99. The second kappa shape index (κ2) is 7.89. The lowest BCUT2D eigenvalue weighted by atomic mass is 9.53. The largest absolute Gasteiger partial charge is 0.443 e. The Morgan fingerprint density at radius 2 is 1.91 bits per heavy atom. The van der Waals surface area contributed by atoms with Crippen LogP contribution < -0.4 is 0 Å². The SMILES string of the molecule is C=C(C)C1CC=C(C2OC3(c4ccc(Cl)cc4Cl)OC(=N)C(C#N)(C3C)C2(C#N)C#N)CC1. The van der Waals surface area contributed by atoms with Crippen LogP contribution in [-0.4, -0.2) is 12.0 Å². The molecule has 3 aliphatic rings. The average Bonchev–Trinajstić information content (AvgIpc) is 2.95. The van der Waals surface area contributed by atoms with Gasteiger partial charge in [-0.05, 0) is 55.9 Å². The number of nitrogens with one attached hydrogen (secondary N) is 1. The third kappa shape index (κ3) is 2.90. The summed E-state index contributed by atoms with van der Waals surface area (Å²) in [5, 5.41) is 40.4. The molecule has 33 heavy (non-hydrogen) atoms. The van der Waals surface area contributed by atoms with Crippen LogP contribution in [0.1, 0.15) is 38.7 Å². The van der Waals surface area contributed by atoms with Gasteiger partial charge in [0, 0.05) is 10.6 Å². The molecule has 2 aliphatic heterocycles. The van der Waals surface area contributed by atoms with E-state index in [0.29, 0.717) is 29.3 Å². The van der Waals surface area contributed by atoms with E-state index in [1.54, 1.807) is 19.1 Å². The van der Waals surface area contributed by atoms with Gasteiger partial charge in [-0.2, -0.15) is 15.8 Å². The number of fused-ring (bicyclic) bond motifs is 2. The number of nitriles is 3. The molecule has 2 saturated heterocycles. The van der Waals surface area contributed by atoms with E-state index in [9.17, 15) is 15.8 Å². The number of nitrogens with zero attached hydrogens (tertiary/aromatic N) is 3. The maximum absolute atomic E-state index is 10.4. The normalized spacial score (nSPS) is 34.3. The molecule has 1 aliphatic carbocycles. The van der Waals surface area contributed by atoms with Gasteiger partial charge in [0.2, 0.25) is 17.1 Å². The predicted octanol–water partition coefficient (Wildman–Crippen LogP) is 6.03. The minimum atomic E-state index is -1.97. The first-order chi connectivity index (χ1) is 15.6. The summed E-state index contributed by atoms with van der Waals surface area (Å²) in [5.41, 5.74) is -1.62. The van der Waals surface area contributed by atoms with Gasteiger partial charge in [-0.3, -0.25) is 5.41 Å². The molecule has 2 heterocycles. The van der Waals surface area contributed by atoms with Crippen molar-refractivity contribution in [1.82, 2.24) is 0 Å². The molecule has 2 bridgehead atoms. The number of hydrogen-bond acceptors (Lipinski definition) is 6. The van der Waals surface area contributed by atoms with Gasteiger partial charge < -0.3 is 9.47 Å². The molecular formula is C25H22Cl2N4O2. The molecule has 4 rings (SSSR count). The Labute approximate surface area is 203 Å². The zero-order valence-corrected chi connectivity index (χ0v) is 19.8. The lowest BCUT2D eigenvalue weighted by molar-refractivity contribution is -0.276. The van der Waals surface area contributed by atoms with Crippen molar-refractivity contribution in [2.24, 2.45) is 22.7 Å². The molecule has 0 radical (unpaired) electrons. The highest BCUT2D eigenvalue weighted by Gasteiger charge is 2.80. The van der Waals surface area contributed by atoms with E-state index in [4.69, 9.17) is 38.1 Å². The molecule has 0 amide bonds. The van der Waals surface area contributed by atoms with Crippen molar-refractivity contribution in [2.75, 3.05) is 0 Å². The highest BCUT2D eigenvalue weighted by atomic mass is 35.5. The van der Waals surface area contributed by atoms with Crippen molar-refractivity contribution in [1.29, 1.82) is 21.2 Å². The number of benzene rings is 1. The summed E-state index contributed by atoms with van der Waals surface area (Å²) in [4.78, 5) is 0. The van der Waals surface area contributed by atoms with Crippen LogP contribution in [0.15, 0.2) is 42.0 Å². The van der Waals surface area contributed by atoms with Crippen molar-refractivity contribution < 1.29 is 9.47 Å². The van der Waals surface area contributed by atoms with Crippen molar-refractivity contribution in [3.63, 3.8) is 0 Å².